The van der Waals surface area contributed by atoms with E-state index in [-0.39, 0.29) is 12.1 Å². The largest absolute Gasteiger partial charge is 0.444 e. The molecule has 0 radical (unpaired) electrons. The Labute approximate surface area is 150 Å². The quantitative estimate of drug-likeness (QED) is 0.827. The number of ether oxygens (including phenoxy) is 2. The lowest BCUT2D eigenvalue weighted by molar-refractivity contribution is -0.0983. The molecule has 1 aliphatic heterocycles. The number of aliphatic hydroxyl groups is 1. The Morgan fingerprint density at radius 2 is 1.96 bits per heavy atom. The van der Waals surface area contributed by atoms with E-state index in [1.807, 2.05) is 39.0 Å². The molecule has 0 saturated carbocycles. The van der Waals surface area contributed by atoms with Crippen molar-refractivity contribution < 1.29 is 19.4 Å². The first kappa shape index (κ1) is 19.7. The molecule has 1 saturated heterocycles. The summed E-state index contributed by atoms with van der Waals surface area (Å²) in [6.07, 6.45) is -0.868. The third kappa shape index (κ3) is 6.30. The molecule has 0 bridgehead atoms. The van der Waals surface area contributed by atoms with Gasteiger partial charge in [0.1, 0.15) is 5.60 Å². The molecule has 25 heavy (non-hydrogen) atoms. The third-order valence-corrected chi connectivity index (χ3v) is 4.19. The molecule has 0 aliphatic carbocycles. The Balaban J connectivity index is 2.04. The number of amides is 1. The number of aliphatic hydroxyl groups excluding tert-OH is 1. The Morgan fingerprint density at radius 3 is 2.56 bits per heavy atom. The van der Waals surface area contributed by atoms with Gasteiger partial charge in [0.2, 0.25) is 0 Å². The number of methoxy groups -OCH3 is 1. The van der Waals surface area contributed by atoms with Crippen LogP contribution in [0.15, 0.2) is 30.3 Å². The average molecular weight is 350 g/mol. The van der Waals surface area contributed by atoms with Crippen LogP contribution in [0.25, 0.3) is 0 Å². The van der Waals surface area contributed by atoms with Gasteiger partial charge in [-0.2, -0.15) is 0 Å². The monoisotopic (exact) mass is 350 g/mol. The van der Waals surface area contributed by atoms with Crippen LogP contribution in [0.4, 0.5) is 4.79 Å². The summed E-state index contributed by atoms with van der Waals surface area (Å²) < 4.78 is 10.5. The van der Waals surface area contributed by atoms with E-state index in [9.17, 15) is 9.90 Å². The van der Waals surface area contributed by atoms with Crippen molar-refractivity contribution in [3.63, 3.8) is 0 Å². The molecule has 2 rings (SSSR count). The molecule has 6 nitrogen and oxygen atoms in total. The van der Waals surface area contributed by atoms with Crippen molar-refractivity contribution in [3.05, 3.63) is 35.9 Å². The van der Waals surface area contributed by atoms with Gasteiger partial charge in [0.25, 0.3) is 0 Å². The second kappa shape index (κ2) is 8.65. The van der Waals surface area contributed by atoms with E-state index in [0.29, 0.717) is 19.5 Å². The van der Waals surface area contributed by atoms with E-state index in [1.165, 1.54) is 12.7 Å². The summed E-state index contributed by atoms with van der Waals surface area (Å²) in [7, 11) is 1.47. The number of carbonyl (C=O) groups excluding carboxylic acids is 1. The lowest BCUT2D eigenvalue weighted by atomic mass is 10.1. The van der Waals surface area contributed by atoms with Crippen molar-refractivity contribution in [1.29, 1.82) is 0 Å². The second-order valence-electron chi connectivity index (χ2n) is 7.47. The lowest BCUT2D eigenvalue weighted by Crippen LogP contribution is -2.56. The van der Waals surface area contributed by atoms with Crippen LogP contribution in [-0.4, -0.2) is 65.7 Å². The van der Waals surface area contributed by atoms with Crippen molar-refractivity contribution in [2.75, 3.05) is 26.7 Å². The summed E-state index contributed by atoms with van der Waals surface area (Å²) in [5, 5.41) is 9.90. The van der Waals surface area contributed by atoms with Crippen LogP contribution in [0.5, 0.6) is 0 Å². The summed E-state index contributed by atoms with van der Waals surface area (Å²) in [6, 6.07) is 10.1. The van der Waals surface area contributed by atoms with Crippen molar-refractivity contribution in [1.82, 2.24) is 9.80 Å². The highest BCUT2D eigenvalue weighted by molar-refractivity contribution is 5.68. The molecule has 1 aromatic carbocycles. The molecule has 2 atom stereocenters. The Hall–Kier alpha value is -1.63. The molecule has 1 heterocycles. The van der Waals surface area contributed by atoms with Crippen molar-refractivity contribution in [2.24, 2.45) is 0 Å². The highest BCUT2D eigenvalue weighted by Crippen LogP contribution is 2.20. The van der Waals surface area contributed by atoms with Crippen LogP contribution in [-0.2, 0) is 16.0 Å². The van der Waals surface area contributed by atoms with E-state index in [2.05, 4.69) is 17.0 Å². The van der Waals surface area contributed by atoms with Crippen LogP contribution in [0.3, 0.4) is 0 Å². The predicted molar refractivity (Wildman–Crippen MR) is 96.1 cm³/mol. The van der Waals surface area contributed by atoms with Crippen LogP contribution in [0, 0.1) is 0 Å². The van der Waals surface area contributed by atoms with E-state index >= 15 is 0 Å². The van der Waals surface area contributed by atoms with E-state index in [0.717, 1.165) is 13.1 Å². The molecule has 1 aliphatic rings. The fraction of sp³-hybridized carbons (Fsp3) is 0.632. The maximum absolute atomic E-state index is 12.5. The van der Waals surface area contributed by atoms with Crippen LogP contribution < -0.4 is 0 Å². The highest BCUT2D eigenvalue weighted by atomic mass is 16.6. The van der Waals surface area contributed by atoms with Gasteiger partial charge in [0.05, 0.1) is 6.04 Å². The molecule has 2 unspecified atom stereocenters. The second-order valence-corrected chi connectivity index (χ2v) is 7.47. The number of hydrogen-bond donors (Lipinski definition) is 1. The van der Waals surface area contributed by atoms with Gasteiger partial charge >= 0.3 is 6.09 Å². The molecule has 140 valence electrons. The summed E-state index contributed by atoms with van der Waals surface area (Å²) in [5.74, 6) is 0. The molecule has 0 aromatic heterocycles. The van der Waals surface area contributed by atoms with Gasteiger partial charge in [-0.3, -0.25) is 4.90 Å². The fourth-order valence-electron chi connectivity index (χ4n) is 3.00. The topological polar surface area (TPSA) is 62.2 Å². The van der Waals surface area contributed by atoms with Gasteiger partial charge in [-0.05, 0) is 26.3 Å². The molecule has 1 amide bonds. The SMILES string of the molecule is COC(O)CC1CN(Cc2ccccc2)CCN1C(=O)OC(C)(C)C. The number of nitrogens with zero attached hydrogens (tertiary/aromatic N) is 2. The first-order valence-corrected chi connectivity index (χ1v) is 8.75. The maximum Gasteiger partial charge on any atom is 0.410 e. The van der Waals surface area contributed by atoms with E-state index < -0.39 is 11.9 Å². The summed E-state index contributed by atoms with van der Waals surface area (Å²) in [4.78, 5) is 16.5. The first-order valence-electron chi connectivity index (χ1n) is 8.75. The van der Waals surface area contributed by atoms with Crippen molar-refractivity contribution in [2.45, 2.75) is 51.7 Å². The van der Waals surface area contributed by atoms with Crippen molar-refractivity contribution >= 4 is 6.09 Å². The first-order chi connectivity index (χ1) is 11.8. The fourth-order valence-corrected chi connectivity index (χ4v) is 3.00. The zero-order valence-corrected chi connectivity index (χ0v) is 15.6. The number of carbonyl (C=O) groups is 1. The van der Waals surface area contributed by atoms with Gasteiger partial charge in [0.15, 0.2) is 6.29 Å². The van der Waals surface area contributed by atoms with E-state index in [1.54, 1.807) is 4.90 Å². The van der Waals surface area contributed by atoms with Crippen LogP contribution >= 0.6 is 0 Å². The van der Waals surface area contributed by atoms with E-state index in [4.69, 9.17) is 9.47 Å². The van der Waals surface area contributed by atoms with Crippen LogP contribution in [0.2, 0.25) is 0 Å². The standard InChI is InChI=1S/C19H30N2O4/c1-19(2,3)25-18(23)21-11-10-20(13-15-8-6-5-7-9-15)14-16(21)12-17(22)24-4/h5-9,16-17,22H,10-14H2,1-4H3. The molecule has 1 fully saturated rings. The summed E-state index contributed by atoms with van der Waals surface area (Å²) >= 11 is 0. The van der Waals surface area contributed by atoms with Crippen molar-refractivity contribution in [3.8, 4) is 0 Å². The minimum Gasteiger partial charge on any atom is -0.444 e. The smallest absolute Gasteiger partial charge is 0.410 e. The molecule has 6 heteroatoms. The molecule has 1 N–H and O–H groups in total. The van der Waals surface area contributed by atoms with Gasteiger partial charge < -0.3 is 19.5 Å². The average Bonchev–Trinajstić information content (AvgIpc) is 2.54. The normalized spacial score (nSPS) is 20.4. The predicted octanol–water partition coefficient (Wildman–Crippen LogP) is 2.46. The zero-order chi connectivity index (χ0) is 18.4. The maximum atomic E-state index is 12.5. The number of rotatable bonds is 5. The highest BCUT2D eigenvalue weighted by Gasteiger charge is 2.34. The van der Waals surface area contributed by atoms with Gasteiger partial charge in [-0.15, -0.1) is 0 Å². The molecular weight excluding hydrogens is 320 g/mol. The Kier molecular flexibility index (Phi) is 6.81. The molecule has 0 spiro atoms. The number of benzene rings is 1. The zero-order valence-electron chi connectivity index (χ0n) is 15.6. The van der Waals surface area contributed by atoms with Gasteiger partial charge in [0, 0.05) is 39.7 Å². The van der Waals surface area contributed by atoms with Crippen LogP contribution in [0.1, 0.15) is 32.8 Å². The van der Waals surface area contributed by atoms with Gasteiger partial charge in [-0.1, -0.05) is 30.3 Å². The lowest BCUT2D eigenvalue weighted by Gasteiger charge is -2.42. The minimum absolute atomic E-state index is 0.151. The molecule has 1 aromatic rings. The summed E-state index contributed by atoms with van der Waals surface area (Å²) in [5.41, 5.74) is 0.696. The Bertz CT molecular complexity index is 544. The third-order valence-electron chi connectivity index (χ3n) is 4.19. The summed E-state index contributed by atoms with van der Waals surface area (Å²) in [6.45, 7) is 8.41. The Morgan fingerprint density at radius 1 is 1.28 bits per heavy atom. The minimum atomic E-state index is -0.897. The number of piperazine rings is 1. The number of hydrogen-bond acceptors (Lipinski definition) is 5. The van der Waals surface area contributed by atoms with Gasteiger partial charge in [-0.25, -0.2) is 4.79 Å². The molecular formula is C19H30N2O4.